The van der Waals surface area contributed by atoms with E-state index in [1.165, 1.54) is 12.1 Å². The van der Waals surface area contributed by atoms with Crippen LogP contribution in [0.15, 0.2) is 49.1 Å². The second kappa shape index (κ2) is 8.44. The van der Waals surface area contributed by atoms with Crippen LogP contribution in [-0.2, 0) is 6.54 Å². The Bertz CT molecular complexity index is 934. The molecule has 0 bridgehead atoms. The van der Waals surface area contributed by atoms with Crippen LogP contribution < -0.4 is 5.32 Å². The minimum absolute atomic E-state index is 0.147. The van der Waals surface area contributed by atoms with E-state index in [9.17, 15) is 9.18 Å². The highest BCUT2D eigenvalue weighted by molar-refractivity contribution is 5.75. The lowest BCUT2D eigenvalue weighted by Crippen LogP contribution is -2.51. The van der Waals surface area contributed by atoms with E-state index in [4.69, 9.17) is 0 Å². The van der Waals surface area contributed by atoms with E-state index < -0.39 is 0 Å². The molecular weight excluding hydrogens is 373 g/mol. The number of hydrogen-bond donors (Lipinski definition) is 2. The van der Waals surface area contributed by atoms with E-state index in [-0.39, 0.29) is 17.9 Å². The maximum absolute atomic E-state index is 13.9. The van der Waals surface area contributed by atoms with Crippen LogP contribution in [0.4, 0.5) is 9.18 Å². The Labute approximate surface area is 168 Å². The van der Waals surface area contributed by atoms with Gasteiger partial charge in [0, 0.05) is 56.5 Å². The topological polar surface area (TPSA) is 82.1 Å². The van der Waals surface area contributed by atoms with Gasteiger partial charge in [-0.3, -0.25) is 4.90 Å². The summed E-state index contributed by atoms with van der Waals surface area (Å²) >= 11 is 0. The van der Waals surface area contributed by atoms with Gasteiger partial charge in [-0.15, -0.1) is 0 Å². The molecule has 1 aliphatic heterocycles. The van der Waals surface area contributed by atoms with Crippen molar-refractivity contribution in [3.63, 3.8) is 0 Å². The number of nitrogens with one attached hydrogen (secondary N) is 2. The Morgan fingerprint density at radius 2 is 2.10 bits per heavy atom. The summed E-state index contributed by atoms with van der Waals surface area (Å²) in [5.74, 6) is 0.581. The summed E-state index contributed by atoms with van der Waals surface area (Å²) in [5, 5.41) is 7.22. The first-order valence-electron chi connectivity index (χ1n) is 9.65. The van der Waals surface area contributed by atoms with Crippen LogP contribution >= 0.6 is 0 Å². The highest BCUT2D eigenvalue weighted by Crippen LogP contribution is 2.23. The number of amides is 2. The molecule has 1 atom stereocenters. The largest absolute Gasteiger partial charge is 0.348 e. The molecule has 0 radical (unpaired) electrons. The van der Waals surface area contributed by atoms with Crippen LogP contribution in [0.5, 0.6) is 0 Å². The molecule has 0 saturated carbocycles. The van der Waals surface area contributed by atoms with Gasteiger partial charge in [0.15, 0.2) is 0 Å². The van der Waals surface area contributed by atoms with E-state index in [1.54, 1.807) is 40.3 Å². The zero-order valence-corrected chi connectivity index (χ0v) is 16.3. The third-order valence-electron chi connectivity index (χ3n) is 5.14. The zero-order chi connectivity index (χ0) is 20.2. The van der Waals surface area contributed by atoms with Crippen molar-refractivity contribution in [2.24, 2.45) is 0 Å². The Morgan fingerprint density at radius 3 is 2.79 bits per heavy atom. The molecule has 2 aromatic heterocycles. The first-order chi connectivity index (χ1) is 14.1. The van der Waals surface area contributed by atoms with Crippen molar-refractivity contribution in [3.05, 3.63) is 66.3 Å². The Kier molecular flexibility index (Phi) is 5.57. The Balaban J connectivity index is 1.37. The van der Waals surface area contributed by atoms with Crippen LogP contribution in [0.1, 0.15) is 24.4 Å². The average Bonchev–Trinajstić information content (AvgIpc) is 3.42. The lowest BCUT2D eigenvalue weighted by molar-refractivity contribution is 0.132. The number of urea groups is 1. The normalized spacial score (nSPS) is 16.0. The molecule has 2 amide bonds. The average molecular weight is 397 g/mol. The molecule has 1 saturated heterocycles. The highest BCUT2D eigenvalue weighted by Gasteiger charge is 2.24. The van der Waals surface area contributed by atoms with Crippen LogP contribution in [0.2, 0.25) is 0 Å². The number of aromatic amines is 1. The fraction of sp³-hybridized carbons (Fsp3) is 0.350. The Morgan fingerprint density at radius 1 is 1.28 bits per heavy atom. The number of carbonyl (C=O) groups is 1. The lowest BCUT2D eigenvalue weighted by atomic mass is 10.1. The number of rotatable bonds is 5. The van der Waals surface area contributed by atoms with E-state index in [1.807, 2.05) is 13.1 Å². The molecule has 29 heavy (non-hydrogen) atoms. The van der Waals surface area contributed by atoms with Crippen molar-refractivity contribution in [3.8, 4) is 5.69 Å². The van der Waals surface area contributed by atoms with Crippen LogP contribution in [0.25, 0.3) is 5.69 Å². The quantitative estimate of drug-likeness (QED) is 0.692. The third-order valence-corrected chi connectivity index (χ3v) is 5.14. The Hall–Kier alpha value is -3.20. The molecule has 0 spiro atoms. The number of benzene rings is 1. The number of H-pyrrole nitrogens is 1. The van der Waals surface area contributed by atoms with Crippen LogP contribution in [0, 0.1) is 5.82 Å². The van der Waals surface area contributed by atoms with Crippen molar-refractivity contribution in [1.82, 2.24) is 34.9 Å². The fourth-order valence-corrected chi connectivity index (χ4v) is 3.55. The maximum Gasteiger partial charge on any atom is 0.317 e. The molecule has 1 unspecified atom stereocenters. The second-order valence-electron chi connectivity index (χ2n) is 7.12. The van der Waals surface area contributed by atoms with Crippen molar-refractivity contribution < 1.29 is 9.18 Å². The lowest BCUT2D eigenvalue weighted by Gasteiger charge is -2.35. The number of halogens is 1. The molecule has 3 aromatic rings. The number of nitrogens with zero attached hydrogens (tertiary/aromatic N) is 5. The number of carbonyl (C=O) groups excluding carboxylic acids is 1. The first kappa shape index (κ1) is 19.1. The summed E-state index contributed by atoms with van der Waals surface area (Å²) < 4.78 is 15.5. The van der Waals surface area contributed by atoms with Crippen molar-refractivity contribution in [2.45, 2.75) is 19.5 Å². The van der Waals surface area contributed by atoms with E-state index in [0.717, 1.165) is 31.1 Å². The summed E-state index contributed by atoms with van der Waals surface area (Å²) in [6, 6.07) is 5.81. The molecular formula is C20H24FN7O. The fourth-order valence-electron chi connectivity index (χ4n) is 3.55. The predicted octanol–water partition coefficient (Wildman–Crippen LogP) is 2.32. The van der Waals surface area contributed by atoms with Gasteiger partial charge in [0.2, 0.25) is 0 Å². The van der Waals surface area contributed by atoms with Gasteiger partial charge in [0.05, 0.1) is 18.3 Å². The molecule has 1 aromatic carbocycles. The van der Waals surface area contributed by atoms with Gasteiger partial charge in [-0.05, 0) is 31.2 Å². The second-order valence-corrected chi connectivity index (χ2v) is 7.12. The monoisotopic (exact) mass is 397 g/mol. The van der Waals surface area contributed by atoms with Gasteiger partial charge in [-0.1, -0.05) is 0 Å². The summed E-state index contributed by atoms with van der Waals surface area (Å²) in [6.07, 6.45) is 7.01. The van der Waals surface area contributed by atoms with Crippen molar-refractivity contribution in [2.75, 3.05) is 26.2 Å². The van der Waals surface area contributed by atoms with Gasteiger partial charge < -0.3 is 15.2 Å². The molecule has 4 rings (SSSR count). The van der Waals surface area contributed by atoms with Crippen molar-refractivity contribution in [1.29, 1.82) is 0 Å². The summed E-state index contributed by atoms with van der Waals surface area (Å²) in [7, 11) is 0. The maximum atomic E-state index is 13.9. The third kappa shape index (κ3) is 4.45. The number of imidazole rings is 1. The number of hydrogen-bond acceptors (Lipinski definition) is 4. The number of aromatic nitrogens is 4. The minimum Gasteiger partial charge on any atom is -0.348 e. The first-order valence-corrected chi connectivity index (χ1v) is 9.65. The summed E-state index contributed by atoms with van der Waals surface area (Å²) in [5.41, 5.74) is 1.42. The summed E-state index contributed by atoms with van der Waals surface area (Å²) in [4.78, 5) is 24.1. The van der Waals surface area contributed by atoms with Crippen LogP contribution in [-0.4, -0.2) is 61.8 Å². The van der Waals surface area contributed by atoms with Gasteiger partial charge in [0.25, 0.3) is 0 Å². The molecule has 0 aliphatic carbocycles. The summed E-state index contributed by atoms with van der Waals surface area (Å²) in [6.45, 7) is 5.42. The van der Waals surface area contributed by atoms with Gasteiger partial charge in [0.1, 0.15) is 11.6 Å². The van der Waals surface area contributed by atoms with Gasteiger partial charge in [-0.25, -0.2) is 18.9 Å². The predicted molar refractivity (Wildman–Crippen MR) is 106 cm³/mol. The smallest absolute Gasteiger partial charge is 0.317 e. The van der Waals surface area contributed by atoms with E-state index in [0.29, 0.717) is 18.7 Å². The SMILES string of the molecule is CC(NC(=O)N1CCN(Cc2ncc[nH]2)CC1)c1cc(F)ccc1-n1cccn1. The molecule has 3 heterocycles. The molecule has 152 valence electrons. The van der Waals surface area contributed by atoms with E-state index >= 15 is 0 Å². The van der Waals surface area contributed by atoms with Crippen molar-refractivity contribution >= 4 is 6.03 Å². The van der Waals surface area contributed by atoms with Crippen LogP contribution in [0.3, 0.4) is 0 Å². The number of piperazine rings is 1. The standard InChI is InChI=1S/C20H24FN7O/c1-15(17-13-16(21)3-4-18(17)28-8-2-5-24-28)25-20(29)27-11-9-26(10-12-27)14-19-22-6-7-23-19/h2-8,13,15H,9-12,14H2,1H3,(H,22,23)(H,25,29). The molecule has 2 N–H and O–H groups in total. The molecule has 9 heteroatoms. The molecule has 8 nitrogen and oxygen atoms in total. The zero-order valence-electron chi connectivity index (χ0n) is 16.3. The van der Waals surface area contributed by atoms with Gasteiger partial charge in [-0.2, -0.15) is 5.10 Å². The van der Waals surface area contributed by atoms with Gasteiger partial charge >= 0.3 is 6.03 Å². The minimum atomic E-state index is -0.362. The molecule has 1 aliphatic rings. The highest BCUT2D eigenvalue weighted by atomic mass is 19.1. The van der Waals surface area contributed by atoms with E-state index in [2.05, 4.69) is 25.3 Å². The molecule has 1 fully saturated rings.